The van der Waals surface area contributed by atoms with Crippen LogP contribution in [0.4, 0.5) is 0 Å². The highest BCUT2D eigenvalue weighted by Crippen LogP contribution is 2.20. The molecule has 0 radical (unpaired) electrons. The number of esters is 1. The molecule has 0 N–H and O–H groups in total. The summed E-state index contributed by atoms with van der Waals surface area (Å²) in [6.07, 6.45) is 2.27. The summed E-state index contributed by atoms with van der Waals surface area (Å²) in [5.74, 6) is -0.456. The molecular weight excluding hydrogens is 312 g/mol. The van der Waals surface area contributed by atoms with Gasteiger partial charge in [-0.1, -0.05) is 37.3 Å². The minimum absolute atomic E-state index is 0.133. The zero-order chi connectivity index (χ0) is 16.2. The van der Waals surface area contributed by atoms with Gasteiger partial charge in [0.05, 0.1) is 11.7 Å². The molecule has 23 heavy (non-hydrogen) atoms. The van der Waals surface area contributed by atoms with Crippen molar-refractivity contribution in [3.8, 4) is 0 Å². The van der Waals surface area contributed by atoms with E-state index >= 15 is 0 Å². The summed E-state index contributed by atoms with van der Waals surface area (Å²) in [5, 5.41) is 0.560. The molecule has 0 spiro atoms. The molecule has 0 aliphatic carbocycles. The predicted molar refractivity (Wildman–Crippen MR) is 89.5 cm³/mol. The highest BCUT2D eigenvalue weighted by molar-refractivity contribution is 7.18. The van der Waals surface area contributed by atoms with Crippen molar-refractivity contribution in [3.63, 3.8) is 0 Å². The van der Waals surface area contributed by atoms with E-state index in [-0.39, 0.29) is 18.7 Å². The zero-order valence-corrected chi connectivity index (χ0v) is 13.5. The first-order valence-electron chi connectivity index (χ1n) is 7.34. The van der Waals surface area contributed by atoms with E-state index in [1.807, 2.05) is 43.3 Å². The third kappa shape index (κ3) is 3.48. The van der Waals surface area contributed by atoms with Gasteiger partial charge in [0.15, 0.2) is 0 Å². The second kappa shape index (κ2) is 6.75. The molecule has 0 amide bonds. The van der Waals surface area contributed by atoms with Crippen LogP contribution in [0.15, 0.2) is 47.5 Å². The quantitative estimate of drug-likeness (QED) is 0.676. The number of nitrogens with zero attached hydrogens (tertiary/aromatic N) is 2. The van der Waals surface area contributed by atoms with Gasteiger partial charge >= 0.3 is 5.97 Å². The molecule has 0 fully saturated rings. The molecule has 3 rings (SSSR count). The fraction of sp³-hybridized carbons (Fsp3) is 0.235. The minimum Gasteiger partial charge on any atom is -0.459 e. The van der Waals surface area contributed by atoms with Gasteiger partial charge in [0, 0.05) is 4.88 Å². The van der Waals surface area contributed by atoms with Crippen molar-refractivity contribution in [2.75, 3.05) is 0 Å². The molecule has 6 heteroatoms. The Hall–Kier alpha value is -2.47. The lowest BCUT2D eigenvalue weighted by atomic mass is 10.2. The van der Waals surface area contributed by atoms with Crippen molar-refractivity contribution >= 4 is 27.5 Å². The van der Waals surface area contributed by atoms with Crippen LogP contribution < -0.4 is 5.56 Å². The van der Waals surface area contributed by atoms with Crippen LogP contribution >= 0.6 is 11.3 Å². The number of thiophene rings is 1. The van der Waals surface area contributed by atoms with E-state index < -0.39 is 5.97 Å². The van der Waals surface area contributed by atoms with E-state index in [1.54, 1.807) is 0 Å². The number of ether oxygens (including phenoxy) is 1. The zero-order valence-electron chi connectivity index (χ0n) is 12.7. The van der Waals surface area contributed by atoms with Crippen molar-refractivity contribution in [2.45, 2.75) is 26.5 Å². The second-order valence-corrected chi connectivity index (χ2v) is 6.22. The minimum atomic E-state index is -0.456. The van der Waals surface area contributed by atoms with Crippen LogP contribution in [0.25, 0.3) is 10.2 Å². The smallest absolute Gasteiger partial charge is 0.326 e. The molecule has 2 aromatic heterocycles. The van der Waals surface area contributed by atoms with Crippen LogP contribution in [0, 0.1) is 0 Å². The monoisotopic (exact) mass is 328 g/mol. The van der Waals surface area contributed by atoms with E-state index in [9.17, 15) is 9.59 Å². The van der Waals surface area contributed by atoms with Crippen LogP contribution in [0.3, 0.4) is 0 Å². The molecule has 1 aromatic carbocycles. The molecule has 3 aromatic rings. The van der Waals surface area contributed by atoms with Gasteiger partial charge in [-0.3, -0.25) is 14.2 Å². The molecule has 0 saturated carbocycles. The summed E-state index contributed by atoms with van der Waals surface area (Å²) in [6, 6.07) is 11.3. The van der Waals surface area contributed by atoms with Gasteiger partial charge < -0.3 is 4.74 Å². The molecule has 0 atom stereocenters. The summed E-state index contributed by atoms with van der Waals surface area (Å²) in [5.41, 5.74) is 0.704. The van der Waals surface area contributed by atoms with Crippen LogP contribution in [-0.2, 0) is 29.1 Å². The third-order valence-corrected chi connectivity index (χ3v) is 4.65. The van der Waals surface area contributed by atoms with Crippen molar-refractivity contribution in [1.29, 1.82) is 0 Å². The first-order valence-corrected chi connectivity index (χ1v) is 8.16. The molecule has 0 aliphatic rings. The Kier molecular flexibility index (Phi) is 4.52. The van der Waals surface area contributed by atoms with E-state index in [1.165, 1.54) is 22.2 Å². The summed E-state index contributed by atoms with van der Waals surface area (Å²) >= 11 is 1.51. The van der Waals surface area contributed by atoms with Gasteiger partial charge in [-0.15, -0.1) is 11.3 Å². The Balaban J connectivity index is 1.72. The van der Waals surface area contributed by atoms with Gasteiger partial charge in [-0.2, -0.15) is 0 Å². The van der Waals surface area contributed by atoms with Crippen molar-refractivity contribution in [1.82, 2.24) is 9.55 Å². The number of fused-ring (bicyclic) bond motifs is 1. The van der Waals surface area contributed by atoms with Crippen LogP contribution in [0.2, 0.25) is 0 Å². The predicted octanol–water partition coefficient (Wildman–Crippen LogP) is 2.76. The Morgan fingerprint density at radius 2 is 2.09 bits per heavy atom. The van der Waals surface area contributed by atoms with E-state index in [4.69, 9.17) is 4.74 Å². The second-order valence-electron chi connectivity index (χ2n) is 5.11. The highest BCUT2D eigenvalue weighted by Gasteiger charge is 2.11. The summed E-state index contributed by atoms with van der Waals surface area (Å²) in [4.78, 5) is 30.4. The first-order chi connectivity index (χ1) is 11.2. The third-order valence-electron chi connectivity index (χ3n) is 3.46. The molecule has 0 aliphatic heterocycles. The SMILES string of the molecule is CCc1cc2c(=O)n(CC(=O)OCc3ccccc3)cnc2s1. The topological polar surface area (TPSA) is 61.2 Å². The Labute approximate surface area is 137 Å². The van der Waals surface area contributed by atoms with Gasteiger partial charge in [0.25, 0.3) is 5.56 Å². The Bertz CT molecular complexity index is 884. The lowest BCUT2D eigenvalue weighted by Crippen LogP contribution is -2.25. The first kappa shape index (κ1) is 15.4. The maximum Gasteiger partial charge on any atom is 0.326 e. The lowest BCUT2D eigenvalue weighted by molar-refractivity contribution is -0.145. The molecule has 118 valence electrons. The summed E-state index contributed by atoms with van der Waals surface area (Å²) in [7, 11) is 0. The lowest BCUT2D eigenvalue weighted by Gasteiger charge is -2.06. The van der Waals surface area contributed by atoms with Gasteiger partial charge in [0.1, 0.15) is 18.0 Å². The number of carbonyl (C=O) groups excluding carboxylic acids is 1. The average Bonchev–Trinajstić information content (AvgIpc) is 3.01. The molecule has 0 bridgehead atoms. The number of hydrogen-bond acceptors (Lipinski definition) is 5. The number of benzene rings is 1. The van der Waals surface area contributed by atoms with Gasteiger partial charge in [-0.05, 0) is 18.1 Å². The number of aryl methyl sites for hydroxylation is 1. The van der Waals surface area contributed by atoms with E-state index in [0.29, 0.717) is 10.2 Å². The standard InChI is InChI=1S/C17H16N2O3S/c1-2-13-8-14-16(23-13)18-11-19(17(14)21)9-15(20)22-10-12-6-4-3-5-7-12/h3-8,11H,2,9-10H2,1H3. The Morgan fingerprint density at radius 1 is 1.30 bits per heavy atom. The largest absolute Gasteiger partial charge is 0.459 e. The summed E-state index contributed by atoms with van der Waals surface area (Å²) < 4.78 is 6.50. The van der Waals surface area contributed by atoms with Crippen LogP contribution in [0.1, 0.15) is 17.4 Å². The maximum absolute atomic E-state index is 12.4. The van der Waals surface area contributed by atoms with Crippen LogP contribution in [0.5, 0.6) is 0 Å². The maximum atomic E-state index is 12.4. The Morgan fingerprint density at radius 3 is 2.83 bits per heavy atom. The fourth-order valence-electron chi connectivity index (χ4n) is 2.22. The van der Waals surface area contributed by atoms with Crippen molar-refractivity contribution in [2.24, 2.45) is 0 Å². The molecule has 5 nitrogen and oxygen atoms in total. The number of carbonyl (C=O) groups is 1. The number of hydrogen-bond donors (Lipinski definition) is 0. The molecule has 2 heterocycles. The molecular formula is C17H16N2O3S. The highest BCUT2D eigenvalue weighted by atomic mass is 32.1. The average molecular weight is 328 g/mol. The number of aromatic nitrogens is 2. The molecule has 0 saturated heterocycles. The van der Waals surface area contributed by atoms with E-state index in [0.717, 1.165) is 16.9 Å². The van der Waals surface area contributed by atoms with E-state index in [2.05, 4.69) is 4.98 Å². The summed E-state index contributed by atoms with van der Waals surface area (Å²) in [6.45, 7) is 2.10. The normalized spacial score (nSPS) is 10.8. The number of rotatable bonds is 5. The van der Waals surface area contributed by atoms with Crippen molar-refractivity contribution < 1.29 is 9.53 Å². The molecule has 0 unspecified atom stereocenters. The van der Waals surface area contributed by atoms with Crippen LogP contribution in [-0.4, -0.2) is 15.5 Å². The fourth-order valence-corrected chi connectivity index (χ4v) is 3.14. The van der Waals surface area contributed by atoms with Gasteiger partial charge in [0.2, 0.25) is 0 Å². The van der Waals surface area contributed by atoms with Crippen molar-refractivity contribution in [3.05, 3.63) is 63.5 Å². The van der Waals surface area contributed by atoms with Gasteiger partial charge in [-0.25, -0.2) is 4.98 Å².